The molecule has 0 amide bonds. The molecule has 1 rings (SSSR count). The molecule has 86 valence electrons. The van der Waals surface area contributed by atoms with E-state index in [1.807, 2.05) is 0 Å². The van der Waals surface area contributed by atoms with Gasteiger partial charge >= 0.3 is 0 Å². The maximum Gasteiger partial charge on any atom is 0.0625 e. The number of hydrogen-bond acceptors (Lipinski definition) is 2. The van der Waals surface area contributed by atoms with E-state index in [0.717, 1.165) is 18.8 Å². The zero-order valence-corrected chi connectivity index (χ0v) is 10.8. The highest BCUT2D eigenvalue weighted by Gasteiger charge is 2.10. The maximum atomic E-state index is 4.51. The molecule has 0 radical (unpaired) electrons. The van der Waals surface area contributed by atoms with Gasteiger partial charge in [0.25, 0.3) is 0 Å². The third kappa shape index (κ3) is 3.34. The second-order valence-corrected chi connectivity index (χ2v) is 5.20. The summed E-state index contributed by atoms with van der Waals surface area (Å²) in [4.78, 5) is 0. The van der Waals surface area contributed by atoms with Crippen LogP contribution in [-0.4, -0.2) is 21.9 Å². The van der Waals surface area contributed by atoms with Crippen molar-refractivity contribution < 1.29 is 0 Å². The Morgan fingerprint density at radius 1 is 1.20 bits per heavy atom. The van der Waals surface area contributed by atoms with Gasteiger partial charge in [-0.1, -0.05) is 0 Å². The van der Waals surface area contributed by atoms with E-state index < -0.39 is 0 Å². The molecule has 0 aliphatic carbocycles. The third-order valence-corrected chi connectivity index (χ3v) is 2.72. The van der Waals surface area contributed by atoms with E-state index in [4.69, 9.17) is 0 Å². The number of rotatable bonds is 3. The second-order valence-electron chi connectivity index (χ2n) is 5.20. The summed E-state index contributed by atoms with van der Waals surface area (Å²) in [6.45, 7) is 14.8. The molecule has 0 saturated heterocycles. The molecule has 0 spiro atoms. The maximum absolute atomic E-state index is 4.51. The molecule has 1 heterocycles. The van der Waals surface area contributed by atoms with Crippen LogP contribution in [0.2, 0.25) is 0 Å². The molecule has 1 aromatic rings. The lowest BCUT2D eigenvalue weighted by Crippen LogP contribution is -2.38. The lowest BCUT2D eigenvalue weighted by Gasteiger charge is -2.20. The summed E-state index contributed by atoms with van der Waals surface area (Å²) in [6, 6.07) is 0. The van der Waals surface area contributed by atoms with Crippen molar-refractivity contribution in [2.75, 3.05) is 6.54 Å². The molecule has 0 atom stereocenters. The first-order valence-corrected chi connectivity index (χ1v) is 5.57. The first-order valence-electron chi connectivity index (χ1n) is 5.57. The van der Waals surface area contributed by atoms with Gasteiger partial charge in [0.05, 0.1) is 12.2 Å². The topological polar surface area (TPSA) is 29.9 Å². The van der Waals surface area contributed by atoms with Crippen molar-refractivity contribution in [1.82, 2.24) is 15.1 Å². The largest absolute Gasteiger partial charge is 0.310 e. The van der Waals surface area contributed by atoms with E-state index in [1.165, 1.54) is 11.3 Å². The van der Waals surface area contributed by atoms with Gasteiger partial charge in [-0.2, -0.15) is 5.10 Å². The van der Waals surface area contributed by atoms with Crippen molar-refractivity contribution >= 4 is 0 Å². The normalized spacial score (nSPS) is 12.1. The van der Waals surface area contributed by atoms with E-state index in [1.54, 1.807) is 0 Å². The summed E-state index contributed by atoms with van der Waals surface area (Å²) in [5.74, 6) is 0. The van der Waals surface area contributed by atoms with Gasteiger partial charge in [0.15, 0.2) is 0 Å². The minimum atomic E-state index is 0.186. The highest BCUT2D eigenvalue weighted by Crippen LogP contribution is 2.10. The van der Waals surface area contributed by atoms with Gasteiger partial charge in [0, 0.05) is 17.8 Å². The van der Waals surface area contributed by atoms with E-state index in [2.05, 4.69) is 56.6 Å². The SMILES string of the molecule is Cc1nn(CCNC(C)(C)C)c(C)c1C. The lowest BCUT2D eigenvalue weighted by molar-refractivity contribution is 0.403. The summed E-state index contributed by atoms with van der Waals surface area (Å²) < 4.78 is 2.09. The van der Waals surface area contributed by atoms with Crippen LogP contribution < -0.4 is 5.32 Å². The van der Waals surface area contributed by atoms with E-state index in [-0.39, 0.29) is 5.54 Å². The Morgan fingerprint density at radius 3 is 2.20 bits per heavy atom. The van der Waals surface area contributed by atoms with Gasteiger partial charge < -0.3 is 5.32 Å². The molecule has 3 heteroatoms. The standard InChI is InChI=1S/C12H23N3/c1-9-10(2)14-15(11(9)3)8-7-13-12(4,5)6/h13H,7-8H2,1-6H3. The Hall–Kier alpha value is -0.830. The van der Waals surface area contributed by atoms with Crippen LogP contribution in [0, 0.1) is 20.8 Å². The zero-order valence-electron chi connectivity index (χ0n) is 10.8. The number of aromatic nitrogens is 2. The van der Waals surface area contributed by atoms with Gasteiger partial charge in [-0.05, 0) is 47.1 Å². The minimum Gasteiger partial charge on any atom is -0.310 e. The number of nitrogens with one attached hydrogen (secondary N) is 1. The Bertz CT molecular complexity index is 331. The Kier molecular flexibility index (Phi) is 3.55. The van der Waals surface area contributed by atoms with Gasteiger partial charge in [-0.25, -0.2) is 0 Å². The van der Waals surface area contributed by atoms with Gasteiger partial charge in [0.1, 0.15) is 0 Å². The first kappa shape index (κ1) is 12.2. The molecule has 1 aromatic heterocycles. The quantitative estimate of drug-likeness (QED) is 0.827. The van der Waals surface area contributed by atoms with Crippen molar-refractivity contribution in [3.63, 3.8) is 0 Å². The molecule has 0 bridgehead atoms. The van der Waals surface area contributed by atoms with Crippen LogP contribution in [-0.2, 0) is 6.54 Å². The molecule has 0 unspecified atom stereocenters. The molecule has 0 aliphatic rings. The Labute approximate surface area is 92.9 Å². The van der Waals surface area contributed by atoms with Crippen molar-refractivity contribution in [1.29, 1.82) is 0 Å². The summed E-state index contributed by atoms with van der Waals surface area (Å²) in [7, 11) is 0. The number of hydrogen-bond donors (Lipinski definition) is 1. The minimum absolute atomic E-state index is 0.186. The Morgan fingerprint density at radius 2 is 1.80 bits per heavy atom. The van der Waals surface area contributed by atoms with Crippen LogP contribution in [0.3, 0.4) is 0 Å². The first-order chi connectivity index (χ1) is 6.81. The fourth-order valence-corrected chi connectivity index (χ4v) is 1.54. The smallest absolute Gasteiger partial charge is 0.0625 e. The van der Waals surface area contributed by atoms with Crippen molar-refractivity contribution in [3.05, 3.63) is 17.0 Å². The van der Waals surface area contributed by atoms with Crippen LogP contribution in [0.15, 0.2) is 0 Å². The monoisotopic (exact) mass is 209 g/mol. The van der Waals surface area contributed by atoms with Crippen LogP contribution in [0.4, 0.5) is 0 Å². The van der Waals surface area contributed by atoms with Crippen molar-refractivity contribution in [2.45, 2.75) is 53.6 Å². The number of nitrogens with zero attached hydrogens (tertiary/aromatic N) is 2. The molecule has 0 saturated carbocycles. The van der Waals surface area contributed by atoms with Crippen molar-refractivity contribution in [2.24, 2.45) is 0 Å². The third-order valence-electron chi connectivity index (χ3n) is 2.72. The predicted molar refractivity (Wildman–Crippen MR) is 64.2 cm³/mol. The van der Waals surface area contributed by atoms with E-state index in [0.29, 0.717) is 0 Å². The van der Waals surface area contributed by atoms with E-state index in [9.17, 15) is 0 Å². The van der Waals surface area contributed by atoms with Gasteiger partial charge in [-0.3, -0.25) is 4.68 Å². The summed E-state index contributed by atoms with van der Waals surface area (Å²) in [5.41, 5.74) is 3.92. The average Bonchev–Trinajstić information content (AvgIpc) is 2.32. The molecular weight excluding hydrogens is 186 g/mol. The van der Waals surface area contributed by atoms with Crippen LogP contribution in [0.5, 0.6) is 0 Å². The molecular formula is C12H23N3. The fraction of sp³-hybridized carbons (Fsp3) is 0.750. The second kappa shape index (κ2) is 4.35. The van der Waals surface area contributed by atoms with Crippen LogP contribution >= 0.6 is 0 Å². The lowest BCUT2D eigenvalue weighted by atomic mass is 10.1. The van der Waals surface area contributed by atoms with Crippen LogP contribution in [0.25, 0.3) is 0 Å². The summed E-state index contributed by atoms with van der Waals surface area (Å²) >= 11 is 0. The molecule has 0 fully saturated rings. The van der Waals surface area contributed by atoms with Gasteiger partial charge in [-0.15, -0.1) is 0 Å². The van der Waals surface area contributed by atoms with Gasteiger partial charge in [0.2, 0.25) is 0 Å². The molecule has 1 N–H and O–H groups in total. The van der Waals surface area contributed by atoms with Crippen molar-refractivity contribution in [3.8, 4) is 0 Å². The number of aryl methyl sites for hydroxylation is 1. The zero-order chi connectivity index (χ0) is 11.6. The fourth-order valence-electron chi connectivity index (χ4n) is 1.54. The highest BCUT2D eigenvalue weighted by molar-refractivity contribution is 5.22. The van der Waals surface area contributed by atoms with E-state index >= 15 is 0 Å². The molecule has 15 heavy (non-hydrogen) atoms. The highest BCUT2D eigenvalue weighted by atomic mass is 15.3. The van der Waals surface area contributed by atoms with Crippen LogP contribution in [0.1, 0.15) is 37.7 Å². The summed E-state index contributed by atoms with van der Waals surface area (Å²) in [6.07, 6.45) is 0. The molecule has 0 aliphatic heterocycles. The molecule has 0 aromatic carbocycles. The summed E-state index contributed by atoms with van der Waals surface area (Å²) in [5, 5.41) is 7.97. The molecule has 3 nitrogen and oxygen atoms in total. The Balaban J connectivity index is 2.55. The predicted octanol–water partition coefficient (Wildman–Crippen LogP) is 2.20. The average molecular weight is 209 g/mol.